The van der Waals surface area contributed by atoms with E-state index < -0.39 is 5.60 Å². The van der Waals surface area contributed by atoms with Crippen molar-refractivity contribution in [2.45, 2.75) is 31.8 Å². The molecule has 6 heteroatoms. The van der Waals surface area contributed by atoms with Crippen LogP contribution in [-0.4, -0.2) is 47.8 Å². The zero-order valence-corrected chi connectivity index (χ0v) is 16.9. The smallest absolute Gasteiger partial charge is 0.191 e. The van der Waals surface area contributed by atoms with Crippen LogP contribution in [0.3, 0.4) is 0 Å². The average molecular weight is 449 g/mol. The minimum Gasteiger partial charge on any atom is -0.387 e. The summed E-state index contributed by atoms with van der Waals surface area (Å²) in [5.74, 6) is 2.64. The summed E-state index contributed by atoms with van der Waals surface area (Å²) in [6, 6.07) is 10.5. The number of aliphatic imine (C=N–C) groups is 1. The first-order valence-electron chi connectivity index (χ1n) is 8.08. The van der Waals surface area contributed by atoms with E-state index in [1.54, 1.807) is 11.8 Å². The van der Waals surface area contributed by atoms with Crippen LogP contribution in [0.15, 0.2) is 35.3 Å². The normalized spacial score (nSPS) is 20.9. The fraction of sp³-hybridized carbons (Fsp3) is 0.588. The highest BCUT2D eigenvalue weighted by molar-refractivity contribution is 14.0. The van der Waals surface area contributed by atoms with Gasteiger partial charge in [-0.1, -0.05) is 30.3 Å². The minimum absolute atomic E-state index is 0. The number of hydrogen-bond donors (Lipinski definition) is 3. The summed E-state index contributed by atoms with van der Waals surface area (Å²) in [6.07, 6.45) is 2.97. The van der Waals surface area contributed by atoms with Gasteiger partial charge >= 0.3 is 0 Å². The molecule has 0 bridgehead atoms. The van der Waals surface area contributed by atoms with Crippen LogP contribution in [0.25, 0.3) is 0 Å². The van der Waals surface area contributed by atoms with E-state index in [9.17, 15) is 5.11 Å². The van der Waals surface area contributed by atoms with Gasteiger partial charge in [0, 0.05) is 18.8 Å². The predicted octanol–water partition coefficient (Wildman–Crippen LogP) is 2.66. The highest BCUT2D eigenvalue weighted by Gasteiger charge is 2.31. The van der Waals surface area contributed by atoms with E-state index in [1.165, 1.54) is 5.56 Å². The van der Waals surface area contributed by atoms with Gasteiger partial charge in [0.15, 0.2) is 5.96 Å². The van der Waals surface area contributed by atoms with Crippen molar-refractivity contribution in [2.75, 3.05) is 31.1 Å². The first kappa shape index (κ1) is 20.6. The van der Waals surface area contributed by atoms with E-state index in [0.29, 0.717) is 6.54 Å². The number of thioether (sulfide) groups is 1. The number of halogens is 1. The van der Waals surface area contributed by atoms with Gasteiger partial charge in [0.25, 0.3) is 0 Å². The Labute approximate surface area is 160 Å². The molecule has 1 aliphatic rings. The third kappa shape index (κ3) is 7.76. The minimum atomic E-state index is -0.614. The molecular weight excluding hydrogens is 421 g/mol. The molecule has 2 rings (SSSR count). The van der Waals surface area contributed by atoms with E-state index in [2.05, 4.69) is 46.8 Å². The fourth-order valence-electron chi connectivity index (χ4n) is 2.43. The van der Waals surface area contributed by atoms with Crippen LogP contribution in [-0.2, 0) is 6.42 Å². The van der Waals surface area contributed by atoms with Gasteiger partial charge in [0.1, 0.15) is 0 Å². The molecule has 0 aromatic heterocycles. The summed E-state index contributed by atoms with van der Waals surface area (Å²) >= 11 is 1.81. The van der Waals surface area contributed by atoms with Gasteiger partial charge in [-0.2, -0.15) is 11.8 Å². The third-order valence-electron chi connectivity index (χ3n) is 3.74. The second-order valence-electron chi connectivity index (χ2n) is 5.74. The molecule has 1 aliphatic heterocycles. The van der Waals surface area contributed by atoms with E-state index in [4.69, 9.17) is 0 Å². The lowest BCUT2D eigenvalue weighted by Gasteiger charge is -2.19. The summed E-state index contributed by atoms with van der Waals surface area (Å²) in [5, 5.41) is 16.9. The molecule has 0 radical (unpaired) electrons. The van der Waals surface area contributed by atoms with Gasteiger partial charge in [0.05, 0.1) is 12.1 Å². The maximum Gasteiger partial charge on any atom is 0.191 e. The Balaban J connectivity index is 0.00000264. The van der Waals surface area contributed by atoms with Gasteiger partial charge in [-0.3, -0.25) is 4.99 Å². The Kier molecular flexibility index (Phi) is 9.97. The van der Waals surface area contributed by atoms with Gasteiger partial charge in [-0.25, -0.2) is 0 Å². The fourth-order valence-corrected chi connectivity index (χ4v) is 3.72. The van der Waals surface area contributed by atoms with Gasteiger partial charge < -0.3 is 15.7 Å². The van der Waals surface area contributed by atoms with Crippen molar-refractivity contribution in [3.63, 3.8) is 0 Å². The molecule has 0 spiro atoms. The molecule has 4 nitrogen and oxygen atoms in total. The first-order chi connectivity index (χ1) is 10.7. The molecule has 0 amide bonds. The Morgan fingerprint density at radius 3 is 2.74 bits per heavy atom. The van der Waals surface area contributed by atoms with Crippen molar-refractivity contribution in [2.24, 2.45) is 4.99 Å². The lowest BCUT2D eigenvalue weighted by Crippen LogP contribution is -2.40. The van der Waals surface area contributed by atoms with Crippen LogP contribution in [0.1, 0.15) is 25.3 Å². The van der Waals surface area contributed by atoms with Crippen LogP contribution in [0.4, 0.5) is 0 Å². The second kappa shape index (κ2) is 11.1. The van der Waals surface area contributed by atoms with E-state index in [-0.39, 0.29) is 24.0 Å². The van der Waals surface area contributed by atoms with Crippen molar-refractivity contribution in [1.82, 2.24) is 10.6 Å². The molecule has 3 N–H and O–H groups in total. The zero-order valence-electron chi connectivity index (χ0n) is 13.8. The Bertz CT molecular complexity index is 464. The van der Waals surface area contributed by atoms with E-state index >= 15 is 0 Å². The summed E-state index contributed by atoms with van der Waals surface area (Å²) in [5.41, 5.74) is 0.750. The number of aryl methyl sites for hydroxylation is 1. The molecule has 130 valence electrons. The van der Waals surface area contributed by atoms with Crippen molar-refractivity contribution in [1.29, 1.82) is 0 Å². The molecule has 1 aromatic rings. The number of nitrogens with zero attached hydrogens (tertiary/aromatic N) is 1. The van der Waals surface area contributed by atoms with Gasteiger partial charge in [0.2, 0.25) is 0 Å². The number of aliphatic hydroxyl groups is 1. The van der Waals surface area contributed by atoms with Gasteiger partial charge in [-0.15, -0.1) is 24.0 Å². The Morgan fingerprint density at radius 1 is 1.30 bits per heavy atom. The predicted molar refractivity (Wildman–Crippen MR) is 111 cm³/mol. The summed E-state index contributed by atoms with van der Waals surface area (Å²) in [4.78, 5) is 4.54. The summed E-state index contributed by atoms with van der Waals surface area (Å²) in [7, 11) is 0. The average Bonchev–Trinajstić information content (AvgIpc) is 2.97. The monoisotopic (exact) mass is 449 g/mol. The first-order valence-corrected chi connectivity index (χ1v) is 9.23. The maximum atomic E-state index is 10.3. The molecule has 1 saturated heterocycles. The summed E-state index contributed by atoms with van der Waals surface area (Å²) in [6.45, 7) is 4.25. The number of hydrogen-bond acceptors (Lipinski definition) is 3. The van der Waals surface area contributed by atoms with Gasteiger partial charge in [-0.05, 0) is 37.5 Å². The third-order valence-corrected chi connectivity index (χ3v) is 4.97. The standard InChI is InChI=1S/C17H27N3OS.HI/c1-2-18-16(20-13-17(21)10-12-22-14-17)19-11-6-9-15-7-4-3-5-8-15;/h3-5,7-8,21H,2,6,9-14H2,1H3,(H2,18,19,20);1H. The van der Waals surface area contributed by atoms with Crippen molar-refractivity contribution in [3.8, 4) is 0 Å². The topological polar surface area (TPSA) is 56.7 Å². The molecule has 1 heterocycles. The Hall–Kier alpha value is -0.470. The van der Waals surface area contributed by atoms with Crippen molar-refractivity contribution >= 4 is 41.7 Å². The molecule has 23 heavy (non-hydrogen) atoms. The van der Waals surface area contributed by atoms with E-state index in [1.807, 2.05) is 6.07 Å². The molecule has 1 aromatic carbocycles. The highest BCUT2D eigenvalue weighted by Crippen LogP contribution is 2.27. The lowest BCUT2D eigenvalue weighted by molar-refractivity contribution is 0.0778. The largest absolute Gasteiger partial charge is 0.387 e. The van der Waals surface area contributed by atoms with Crippen LogP contribution < -0.4 is 10.6 Å². The maximum absolute atomic E-state index is 10.3. The van der Waals surface area contributed by atoms with Crippen LogP contribution >= 0.6 is 35.7 Å². The summed E-state index contributed by atoms with van der Waals surface area (Å²) < 4.78 is 0. The number of nitrogens with one attached hydrogen (secondary N) is 2. The van der Waals surface area contributed by atoms with Crippen molar-refractivity contribution in [3.05, 3.63) is 35.9 Å². The molecule has 0 aliphatic carbocycles. The van der Waals surface area contributed by atoms with Crippen LogP contribution in [0.2, 0.25) is 0 Å². The van der Waals surface area contributed by atoms with Crippen LogP contribution in [0.5, 0.6) is 0 Å². The SMILES string of the molecule is CCNC(=NCC1(O)CCSC1)NCCCc1ccccc1.I. The molecule has 1 unspecified atom stereocenters. The number of benzene rings is 1. The quantitative estimate of drug-likeness (QED) is 0.259. The molecule has 1 atom stereocenters. The second-order valence-corrected chi connectivity index (χ2v) is 6.84. The van der Waals surface area contributed by atoms with Crippen LogP contribution in [0, 0.1) is 0 Å². The molecular formula is C17H28IN3OS. The Morgan fingerprint density at radius 2 is 2.09 bits per heavy atom. The number of rotatable bonds is 7. The zero-order chi connectivity index (χ0) is 15.7. The lowest BCUT2D eigenvalue weighted by atomic mass is 10.1. The highest BCUT2D eigenvalue weighted by atomic mass is 127. The van der Waals surface area contributed by atoms with E-state index in [0.717, 1.165) is 49.8 Å². The molecule has 1 fully saturated rings. The number of guanidine groups is 1. The van der Waals surface area contributed by atoms with Crippen molar-refractivity contribution < 1.29 is 5.11 Å². The molecule has 0 saturated carbocycles.